The average molecular weight is 411 g/mol. The zero-order valence-corrected chi connectivity index (χ0v) is 20.3. The third-order valence-corrected chi connectivity index (χ3v) is 7.56. The highest BCUT2D eigenvalue weighted by molar-refractivity contribution is 6.72. The van der Waals surface area contributed by atoms with Crippen molar-refractivity contribution in [1.82, 2.24) is 0 Å². The lowest BCUT2D eigenvalue weighted by atomic mass is 9.69. The molecular formula is C22H38O5Si. The van der Waals surface area contributed by atoms with Gasteiger partial charge >= 0.3 is 5.97 Å². The van der Waals surface area contributed by atoms with Gasteiger partial charge in [0, 0.05) is 12.0 Å². The molecule has 2 aliphatic rings. The predicted molar refractivity (Wildman–Crippen MR) is 114 cm³/mol. The summed E-state index contributed by atoms with van der Waals surface area (Å²) < 4.78 is 24.6. The Hall–Kier alpha value is -0.953. The molecule has 0 aromatic carbocycles. The van der Waals surface area contributed by atoms with Crippen molar-refractivity contribution in [1.29, 1.82) is 0 Å². The molecule has 160 valence electrons. The molecule has 0 aromatic heterocycles. The number of hydrogen-bond acceptors (Lipinski definition) is 5. The molecule has 0 amide bonds. The molecule has 2 aliphatic heterocycles. The van der Waals surface area contributed by atoms with Crippen LogP contribution in [0, 0.1) is 5.41 Å². The number of carbonyl (C=O) groups excluding carboxylic acids is 1. The molecular weight excluding hydrogens is 372 g/mol. The first-order chi connectivity index (χ1) is 12.5. The topological polar surface area (TPSA) is 54.0 Å². The zero-order valence-electron chi connectivity index (χ0n) is 19.3. The van der Waals surface area contributed by atoms with Crippen molar-refractivity contribution in [2.75, 3.05) is 7.11 Å². The van der Waals surface area contributed by atoms with Crippen LogP contribution in [-0.2, 0) is 23.4 Å². The Morgan fingerprint density at radius 1 is 1.32 bits per heavy atom. The second-order valence-corrected chi connectivity index (χ2v) is 14.7. The predicted octanol–water partition coefficient (Wildman–Crippen LogP) is 4.98. The summed E-state index contributed by atoms with van der Waals surface area (Å²) in [5.74, 6) is -1.23. The summed E-state index contributed by atoms with van der Waals surface area (Å²) in [4.78, 5) is 12.2. The molecule has 0 aromatic rings. The van der Waals surface area contributed by atoms with Crippen molar-refractivity contribution >= 4 is 14.3 Å². The van der Waals surface area contributed by atoms with Gasteiger partial charge in [0.15, 0.2) is 14.1 Å². The summed E-state index contributed by atoms with van der Waals surface area (Å²) >= 11 is 0. The monoisotopic (exact) mass is 410 g/mol. The van der Waals surface area contributed by atoms with Gasteiger partial charge in [0.1, 0.15) is 11.2 Å². The van der Waals surface area contributed by atoms with Crippen LogP contribution in [0.1, 0.15) is 54.9 Å². The molecule has 0 saturated carbocycles. The summed E-state index contributed by atoms with van der Waals surface area (Å²) in [5, 5.41) is 0. The number of hydrogen-bond donors (Lipinski definition) is 0. The van der Waals surface area contributed by atoms with E-state index >= 15 is 0 Å². The Bertz CT molecular complexity index is 688. The van der Waals surface area contributed by atoms with Gasteiger partial charge in [-0.25, -0.2) is 4.79 Å². The van der Waals surface area contributed by atoms with Crippen LogP contribution >= 0.6 is 0 Å². The van der Waals surface area contributed by atoms with Crippen LogP contribution in [0.5, 0.6) is 0 Å². The lowest BCUT2D eigenvalue weighted by Crippen LogP contribution is -2.70. The smallest absolute Gasteiger partial charge is 0.333 e. The summed E-state index contributed by atoms with van der Waals surface area (Å²) in [6.07, 6.45) is 2.37. The van der Waals surface area contributed by atoms with Crippen LogP contribution < -0.4 is 0 Å². The molecule has 2 saturated heterocycles. The Morgan fingerprint density at radius 2 is 1.89 bits per heavy atom. The van der Waals surface area contributed by atoms with Crippen molar-refractivity contribution < 1.29 is 23.4 Å². The van der Waals surface area contributed by atoms with Crippen molar-refractivity contribution in [3.8, 4) is 0 Å². The van der Waals surface area contributed by atoms with E-state index < -0.39 is 31.3 Å². The fraction of sp³-hybridized carbons (Fsp3) is 0.773. The van der Waals surface area contributed by atoms with Gasteiger partial charge in [0.2, 0.25) is 0 Å². The van der Waals surface area contributed by atoms with Gasteiger partial charge in [-0.15, -0.1) is 0 Å². The second kappa shape index (κ2) is 7.08. The first-order valence-electron chi connectivity index (χ1n) is 10.0. The summed E-state index contributed by atoms with van der Waals surface area (Å²) in [5.41, 5.74) is -0.0352. The maximum Gasteiger partial charge on any atom is 0.333 e. The molecule has 1 spiro atoms. The van der Waals surface area contributed by atoms with Crippen molar-refractivity contribution in [2.45, 2.75) is 97.1 Å². The van der Waals surface area contributed by atoms with E-state index in [0.717, 1.165) is 6.04 Å². The molecule has 5 nitrogen and oxygen atoms in total. The van der Waals surface area contributed by atoms with Crippen molar-refractivity contribution in [3.05, 3.63) is 23.8 Å². The minimum Gasteiger partial charge on any atom is -0.466 e. The van der Waals surface area contributed by atoms with Crippen molar-refractivity contribution in [3.63, 3.8) is 0 Å². The van der Waals surface area contributed by atoms with Gasteiger partial charge < -0.3 is 18.6 Å². The highest BCUT2D eigenvalue weighted by atomic mass is 28.4. The van der Waals surface area contributed by atoms with Gasteiger partial charge in [0.25, 0.3) is 0 Å². The number of carbonyl (C=O) groups is 1. The van der Waals surface area contributed by atoms with Crippen LogP contribution in [0.15, 0.2) is 23.8 Å². The summed E-state index contributed by atoms with van der Waals surface area (Å²) in [6, 6.07) is 0.905. The highest BCUT2D eigenvalue weighted by Gasteiger charge is 2.67. The van der Waals surface area contributed by atoms with E-state index in [2.05, 4.69) is 53.4 Å². The number of methoxy groups -OCH3 is 1. The quantitative estimate of drug-likeness (QED) is 0.284. The average Bonchev–Trinajstić information content (AvgIpc) is 2.73. The molecule has 0 aliphatic carbocycles. The largest absolute Gasteiger partial charge is 0.466 e. The molecule has 0 N–H and O–H groups in total. The zero-order chi connectivity index (χ0) is 21.8. The van der Waals surface area contributed by atoms with Gasteiger partial charge in [-0.3, -0.25) is 0 Å². The molecule has 0 unspecified atom stereocenters. The van der Waals surface area contributed by atoms with E-state index in [0.29, 0.717) is 12.0 Å². The molecule has 0 bridgehead atoms. The van der Waals surface area contributed by atoms with Crippen LogP contribution in [0.2, 0.25) is 19.1 Å². The Kier molecular flexibility index (Phi) is 5.90. The maximum atomic E-state index is 12.2. The van der Waals surface area contributed by atoms with E-state index in [9.17, 15) is 4.79 Å². The van der Waals surface area contributed by atoms with Crippen LogP contribution in [0.3, 0.4) is 0 Å². The third kappa shape index (κ3) is 4.30. The minimum atomic E-state index is -2.00. The fourth-order valence-corrected chi connectivity index (χ4v) is 7.71. The fourth-order valence-electron chi connectivity index (χ4n) is 4.97. The van der Waals surface area contributed by atoms with Gasteiger partial charge in [-0.2, -0.15) is 0 Å². The molecule has 2 heterocycles. The van der Waals surface area contributed by atoms with E-state index in [1.807, 2.05) is 20.8 Å². The highest BCUT2D eigenvalue weighted by Crippen LogP contribution is 2.57. The van der Waals surface area contributed by atoms with E-state index in [4.69, 9.17) is 18.6 Å². The Balaban J connectivity index is 2.68. The third-order valence-electron chi connectivity index (χ3n) is 5.45. The summed E-state index contributed by atoms with van der Waals surface area (Å²) in [7, 11) is -0.629. The molecule has 6 heteroatoms. The minimum absolute atomic E-state index is 0.0204. The van der Waals surface area contributed by atoms with Gasteiger partial charge in [-0.05, 0) is 57.8 Å². The first kappa shape index (κ1) is 23.3. The summed E-state index contributed by atoms with van der Waals surface area (Å²) in [6.45, 7) is 22.8. The molecule has 0 radical (unpaired) electrons. The van der Waals surface area contributed by atoms with E-state index in [1.165, 1.54) is 12.7 Å². The van der Waals surface area contributed by atoms with Crippen LogP contribution in [0.4, 0.5) is 0 Å². The van der Waals surface area contributed by atoms with E-state index in [-0.39, 0.29) is 11.5 Å². The number of esters is 1. The first-order valence-corrected chi connectivity index (χ1v) is 13.1. The number of ether oxygens (including phenoxy) is 3. The molecule has 3 atom stereocenters. The van der Waals surface area contributed by atoms with Crippen LogP contribution in [-0.4, -0.2) is 44.5 Å². The molecule has 2 rings (SSSR count). The molecule has 2 fully saturated rings. The standard InChI is InChI=1S/C22H38O5Si/c1-15(18(23)24-9)12-21(8)22(16(2)25-20(6,7)26-21)17(13-19(3,4)5)14-28(10,11)27-22/h13,16H,1,12,14H2,2-11H3/b17-13+/t16-,21-,22+/m0/s1. The second-order valence-electron chi connectivity index (χ2n) is 10.6. The number of rotatable bonds is 3. The molecule has 28 heavy (non-hydrogen) atoms. The lowest BCUT2D eigenvalue weighted by molar-refractivity contribution is -0.376. The van der Waals surface area contributed by atoms with E-state index in [1.54, 1.807) is 0 Å². The Morgan fingerprint density at radius 3 is 2.39 bits per heavy atom. The number of allylic oxidation sites excluding steroid dienone is 1. The van der Waals surface area contributed by atoms with Crippen LogP contribution in [0.25, 0.3) is 0 Å². The normalized spacial score (nSPS) is 35.9. The SMILES string of the molecule is C=C(C[C@]1(C)OC(C)(C)O[C@@H](C)[C@]12O[Si](C)(C)C/C2=C\C(C)(C)C)C(=O)OC. The van der Waals surface area contributed by atoms with Gasteiger partial charge in [0.05, 0.1) is 13.2 Å². The Labute approximate surface area is 171 Å². The van der Waals surface area contributed by atoms with Crippen molar-refractivity contribution in [2.24, 2.45) is 5.41 Å². The van der Waals surface area contributed by atoms with Gasteiger partial charge in [-0.1, -0.05) is 33.4 Å². The lowest BCUT2D eigenvalue weighted by Gasteiger charge is -2.58. The maximum absolute atomic E-state index is 12.2.